The van der Waals surface area contributed by atoms with Crippen LogP contribution in [0.1, 0.15) is 18.5 Å². The van der Waals surface area contributed by atoms with Crippen LogP contribution in [0.15, 0.2) is 6.07 Å². The SMILES string of the molecule is Cc1cc2n(n1)C[C@@H](CN[C@H]1CCCN(C)C1)CN2. The van der Waals surface area contributed by atoms with Gasteiger partial charge in [0.05, 0.1) is 5.69 Å². The number of nitrogens with zero attached hydrogens (tertiary/aromatic N) is 3. The maximum atomic E-state index is 4.53. The maximum Gasteiger partial charge on any atom is 0.124 e. The van der Waals surface area contributed by atoms with Gasteiger partial charge in [0, 0.05) is 44.2 Å². The van der Waals surface area contributed by atoms with Crippen LogP contribution < -0.4 is 10.6 Å². The van der Waals surface area contributed by atoms with Gasteiger partial charge in [0.1, 0.15) is 5.82 Å². The number of likely N-dealkylation sites (N-methyl/N-ethyl adjacent to an activating group) is 1. The fraction of sp³-hybridized carbons (Fsp3) is 0.786. The first-order chi connectivity index (χ1) is 9.20. The number of likely N-dealkylation sites (tertiary alicyclic amines) is 1. The maximum absolute atomic E-state index is 4.53. The molecule has 3 heterocycles. The molecule has 0 radical (unpaired) electrons. The van der Waals surface area contributed by atoms with Crippen molar-refractivity contribution < 1.29 is 0 Å². The van der Waals surface area contributed by atoms with E-state index in [1.54, 1.807) is 0 Å². The van der Waals surface area contributed by atoms with Gasteiger partial charge in [0.2, 0.25) is 0 Å². The highest BCUT2D eigenvalue weighted by Crippen LogP contribution is 2.18. The van der Waals surface area contributed by atoms with E-state index in [0.29, 0.717) is 12.0 Å². The fourth-order valence-corrected chi connectivity index (χ4v) is 3.19. The number of fused-ring (bicyclic) bond motifs is 1. The normalized spacial score (nSPS) is 27.9. The van der Waals surface area contributed by atoms with Crippen LogP contribution in [-0.4, -0.2) is 53.9 Å². The molecule has 5 heteroatoms. The first kappa shape index (κ1) is 12.9. The third kappa shape index (κ3) is 3.09. The molecule has 0 aromatic carbocycles. The van der Waals surface area contributed by atoms with Crippen LogP contribution >= 0.6 is 0 Å². The summed E-state index contributed by atoms with van der Waals surface area (Å²) in [5.41, 5.74) is 1.10. The zero-order chi connectivity index (χ0) is 13.2. The van der Waals surface area contributed by atoms with Crippen molar-refractivity contribution in [1.82, 2.24) is 20.0 Å². The molecule has 19 heavy (non-hydrogen) atoms. The number of rotatable bonds is 3. The molecule has 106 valence electrons. The van der Waals surface area contributed by atoms with Crippen molar-refractivity contribution in [3.63, 3.8) is 0 Å². The third-order valence-corrected chi connectivity index (χ3v) is 4.22. The summed E-state index contributed by atoms with van der Waals surface area (Å²) >= 11 is 0. The highest BCUT2D eigenvalue weighted by atomic mass is 15.3. The van der Waals surface area contributed by atoms with Gasteiger partial charge in [0.15, 0.2) is 0 Å². The summed E-state index contributed by atoms with van der Waals surface area (Å²) in [6.07, 6.45) is 2.64. The molecule has 0 aliphatic carbocycles. The van der Waals surface area contributed by atoms with Crippen molar-refractivity contribution in [2.75, 3.05) is 38.5 Å². The van der Waals surface area contributed by atoms with Gasteiger partial charge in [-0.05, 0) is 33.4 Å². The Balaban J connectivity index is 1.49. The number of hydrogen-bond donors (Lipinski definition) is 2. The zero-order valence-electron chi connectivity index (χ0n) is 12.0. The molecule has 1 aromatic heterocycles. The molecule has 0 unspecified atom stereocenters. The van der Waals surface area contributed by atoms with Gasteiger partial charge in [-0.1, -0.05) is 0 Å². The number of hydrogen-bond acceptors (Lipinski definition) is 4. The molecule has 2 aliphatic heterocycles. The molecule has 0 bridgehead atoms. The largest absolute Gasteiger partial charge is 0.370 e. The molecule has 2 N–H and O–H groups in total. The summed E-state index contributed by atoms with van der Waals surface area (Å²) in [5, 5.41) is 11.7. The predicted molar refractivity (Wildman–Crippen MR) is 77.5 cm³/mol. The van der Waals surface area contributed by atoms with E-state index in [1.165, 1.54) is 31.7 Å². The quantitative estimate of drug-likeness (QED) is 0.851. The van der Waals surface area contributed by atoms with Crippen molar-refractivity contribution in [1.29, 1.82) is 0 Å². The van der Waals surface area contributed by atoms with Gasteiger partial charge in [-0.3, -0.25) is 0 Å². The van der Waals surface area contributed by atoms with Crippen LogP contribution in [0.5, 0.6) is 0 Å². The van der Waals surface area contributed by atoms with E-state index in [9.17, 15) is 0 Å². The van der Waals surface area contributed by atoms with Gasteiger partial charge in [0.25, 0.3) is 0 Å². The number of aromatic nitrogens is 2. The minimum Gasteiger partial charge on any atom is -0.370 e. The monoisotopic (exact) mass is 263 g/mol. The van der Waals surface area contributed by atoms with Crippen LogP contribution in [0.2, 0.25) is 0 Å². The van der Waals surface area contributed by atoms with Gasteiger partial charge in [-0.2, -0.15) is 5.10 Å². The molecule has 2 atom stereocenters. The summed E-state index contributed by atoms with van der Waals surface area (Å²) < 4.78 is 2.11. The van der Waals surface area contributed by atoms with Crippen molar-refractivity contribution in [2.45, 2.75) is 32.4 Å². The van der Waals surface area contributed by atoms with Crippen molar-refractivity contribution in [3.8, 4) is 0 Å². The van der Waals surface area contributed by atoms with E-state index in [-0.39, 0.29) is 0 Å². The van der Waals surface area contributed by atoms with Crippen molar-refractivity contribution in [3.05, 3.63) is 11.8 Å². The molecule has 1 fully saturated rings. The van der Waals surface area contributed by atoms with Gasteiger partial charge >= 0.3 is 0 Å². The van der Waals surface area contributed by atoms with Crippen molar-refractivity contribution >= 4 is 5.82 Å². The lowest BCUT2D eigenvalue weighted by molar-refractivity contribution is 0.219. The van der Waals surface area contributed by atoms with E-state index in [4.69, 9.17) is 0 Å². The van der Waals surface area contributed by atoms with E-state index in [1.807, 2.05) is 0 Å². The first-order valence-electron chi connectivity index (χ1n) is 7.41. The molecule has 3 rings (SSSR count). The Bertz CT molecular complexity index is 427. The van der Waals surface area contributed by atoms with Crippen molar-refractivity contribution in [2.24, 2.45) is 5.92 Å². The van der Waals surface area contributed by atoms with E-state index < -0.39 is 0 Å². The van der Waals surface area contributed by atoms with Crippen LogP contribution in [0.3, 0.4) is 0 Å². The molecular formula is C14H25N5. The number of anilines is 1. The van der Waals surface area contributed by atoms with Crippen LogP contribution in [0, 0.1) is 12.8 Å². The average Bonchev–Trinajstić information content (AvgIpc) is 2.75. The highest BCUT2D eigenvalue weighted by molar-refractivity contribution is 5.38. The van der Waals surface area contributed by atoms with E-state index >= 15 is 0 Å². The molecule has 0 amide bonds. The summed E-state index contributed by atoms with van der Waals surface area (Å²) in [6, 6.07) is 2.79. The van der Waals surface area contributed by atoms with Crippen LogP contribution in [0.25, 0.3) is 0 Å². The third-order valence-electron chi connectivity index (χ3n) is 4.22. The second-order valence-corrected chi connectivity index (χ2v) is 6.11. The van der Waals surface area contributed by atoms with E-state index in [0.717, 1.165) is 25.3 Å². The standard InChI is InChI=1S/C14H25N5/c1-11-6-14-16-8-12(9-19(14)17-11)7-15-13-4-3-5-18(2)10-13/h6,12-13,15-16H,3-5,7-10H2,1-2H3/t12-,13-/m0/s1. The summed E-state index contributed by atoms with van der Waals surface area (Å²) in [4.78, 5) is 2.43. The molecule has 0 saturated carbocycles. The smallest absolute Gasteiger partial charge is 0.124 e. The summed E-state index contributed by atoms with van der Waals surface area (Å²) in [7, 11) is 2.22. The Morgan fingerprint density at radius 2 is 2.37 bits per heavy atom. The molecule has 1 aromatic rings. The Kier molecular flexibility index (Phi) is 3.75. The van der Waals surface area contributed by atoms with Crippen LogP contribution in [-0.2, 0) is 6.54 Å². The number of nitrogens with one attached hydrogen (secondary N) is 2. The second kappa shape index (κ2) is 5.51. The topological polar surface area (TPSA) is 45.1 Å². The Labute approximate surface area is 115 Å². The minimum absolute atomic E-state index is 0.638. The lowest BCUT2D eigenvalue weighted by Crippen LogP contribution is -2.47. The lowest BCUT2D eigenvalue weighted by Gasteiger charge is -2.32. The fourth-order valence-electron chi connectivity index (χ4n) is 3.19. The summed E-state index contributed by atoms with van der Waals surface area (Å²) in [5.74, 6) is 1.81. The molecule has 5 nitrogen and oxygen atoms in total. The first-order valence-corrected chi connectivity index (χ1v) is 7.41. The zero-order valence-corrected chi connectivity index (χ0v) is 12.0. The lowest BCUT2D eigenvalue weighted by atomic mass is 10.0. The molecular weight excluding hydrogens is 238 g/mol. The molecule has 1 saturated heterocycles. The second-order valence-electron chi connectivity index (χ2n) is 6.11. The average molecular weight is 263 g/mol. The Morgan fingerprint density at radius 3 is 3.21 bits per heavy atom. The van der Waals surface area contributed by atoms with Gasteiger partial charge < -0.3 is 15.5 Å². The van der Waals surface area contributed by atoms with Gasteiger partial charge in [-0.25, -0.2) is 4.68 Å². The Hall–Kier alpha value is -1.07. The summed E-state index contributed by atoms with van der Waals surface area (Å²) in [6.45, 7) is 7.67. The minimum atomic E-state index is 0.638. The number of aryl methyl sites for hydroxylation is 1. The number of piperidine rings is 1. The molecule has 0 spiro atoms. The highest BCUT2D eigenvalue weighted by Gasteiger charge is 2.22. The van der Waals surface area contributed by atoms with E-state index in [2.05, 4.69) is 45.4 Å². The predicted octanol–water partition coefficient (Wildman–Crippen LogP) is 0.917. The molecule has 2 aliphatic rings. The van der Waals surface area contributed by atoms with Gasteiger partial charge in [-0.15, -0.1) is 0 Å². The van der Waals surface area contributed by atoms with Crippen LogP contribution in [0.4, 0.5) is 5.82 Å². The Morgan fingerprint density at radius 1 is 1.47 bits per heavy atom.